The molecule has 0 bridgehead atoms. The Morgan fingerprint density at radius 3 is 2.20 bits per heavy atom. The lowest BCUT2D eigenvalue weighted by Gasteiger charge is -2.46. The van der Waals surface area contributed by atoms with Crippen molar-refractivity contribution in [3.05, 3.63) is 96.4 Å². The molecule has 0 aromatic heterocycles. The number of carboxylic acids is 1. The normalized spacial score (nSPS) is 15.8. The van der Waals surface area contributed by atoms with Gasteiger partial charge in [0.1, 0.15) is 17.8 Å². The highest BCUT2D eigenvalue weighted by molar-refractivity contribution is 6.08. The summed E-state index contributed by atoms with van der Waals surface area (Å²) in [7, 11) is 0. The van der Waals surface area contributed by atoms with Crippen LogP contribution in [0.15, 0.2) is 90.3 Å². The van der Waals surface area contributed by atoms with Crippen molar-refractivity contribution in [2.75, 3.05) is 19.7 Å². The molecule has 0 saturated carbocycles. The molecule has 1 saturated heterocycles. The lowest BCUT2D eigenvalue weighted by molar-refractivity contribution is -0.162. The summed E-state index contributed by atoms with van der Waals surface area (Å²) >= 11 is 0. The van der Waals surface area contributed by atoms with Crippen LogP contribution in [-0.2, 0) is 9.53 Å². The summed E-state index contributed by atoms with van der Waals surface area (Å²) in [6.45, 7) is 5.68. The second-order valence-electron chi connectivity index (χ2n) is 7.23. The Morgan fingerprint density at radius 1 is 1.10 bits per heavy atom. The fraction of sp³-hybridized carbons (Fsp3) is 0.208. The smallest absolute Gasteiger partial charge is 0.316 e. The first-order chi connectivity index (χ1) is 14.4. The van der Waals surface area contributed by atoms with E-state index in [1.54, 1.807) is 43.5 Å². The van der Waals surface area contributed by atoms with Gasteiger partial charge in [0, 0.05) is 24.2 Å². The van der Waals surface area contributed by atoms with Crippen LogP contribution >= 0.6 is 0 Å². The van der Waals surface area contributed by atoms with Crippen molar-refractivity contribution in [1.29, 1.82) is 0 Å². The summed E-state index contributed by atoms with van der Waals surface area (Å²) < 4.78 is 5.68. The van der Waals surface area contributed by atoms with Gasteiger partial charge in [-0.05, 0) is 25.1 Å². The fourth-order valence-corrected chi connectivity index (χ4v) is 3.18. The van der Waals surface area contributed by atoms with Crippen LogP contribution in [0.3, 0.4) is 0 Å². The Balaban J connectivity index is 1.62. The molecule has 1 fully saturated rings. The average molecular weight is 404 g/mol. The van der Waals surface area contributed by atoms with Crippen LogP contribution in [0, 0.1) is 5.41 Å². The molecule has 1 aliphatic rings. The summed E-state index contributed by atoms with van der Waals surface area (Å²) in [5.41, 5.74) is 1.03. The van der Waals surface area contributed by atoms with Gasteiger partial charge in [-0.2, -0.15) is 0 Å². The summed E-state index contributed by atoms with van der Waals surface area (Å²) in [5.74, 6) is -0.673. The topological polar surface area (TPSA) is 79.2 Å². The standard InChI is InChI=1S/C24H24N2O4/c1-3-21(19-10-6-4-7-11-19)25-14-18(2)30-17-24(23(28)29)15-26(16-24)22(27)20-12-8-5-9-13-20/h3-14H,1,15-17H2,2H3,(H,28,29)/b18-14+,25-21+. The van der Waals surface area contributed by atoms with Crippen molar-refractivity contribution in [3.63, 3.8) is 0 Å². The molecule has 2 aromatic rings. The maximum atomic E-state index is 12.5. The van der Waals surface area contributed by atoms with E-state index in [1.165, 1.54) is 4.90 Å². The summed E-state index contributed by atoms with van der Waals surface area (Å²) in [5, 5.41) is 9.69. The number of amides is 1. The van der Waals surface area contributed by atoms with Gasteiger partial charge >= 0.3 is 5.97 Å². The van der Waals surface area contributed by atoms with E-state index in [1.807, 2.05) is 36.4 Å². The molecule has 6 heteroatoms. The average Bonchev–Trinajstić information content (AvgIpc) is 2.74. The molecule has 2 aromatic carbocycles. The molecule has 154 valence electrons. The maximum absolute atomic E-state index is 12.5. The van der Waals surface area contributed by atoms with E-state index in [-0.39, 0.29) is 25.6 Å². The van der Waals surface area contributed by atoms with Gasteiger partial charge in [0.15, 0.2) is 0 Å². The molecular formula is C24H24N2O4. The number of rotatable bonds is 8. The molecule has 0 spiro atoms. The van der Waals surface area contributed by atoms with Gasteiger partial charge < -0.3 is 14.7 Å². The number of aliphatic carboxylic acids is 1. The van der Waals surface area contributed by atoms with Crippen LogP contribution in [0.5, 0.6) is 0 Å². The molecule has 0 aliphatic carbocycles. The van der Waals surface area contributed by atoms with Gasteiger partial charge in [-0.1, -0.05) is 55.1 Å². The quantitative estimate of drug-likeness (QED) is 0.537. The third-order valence-corrected chi connectivity index (χ3v) is 4.97. The van der Waals surface area contributed by atoms with Crippen molar-refractivity contribution >= 4 is 17.6 Å². The first-order valence-corrected chi connectivity index (χ1v) is 9.58. The summed E-state index contributed by atoms with van der Waals surface area (Å²) in [6.07, 6.45) is 3.20. The Kier molecular flexibility index (Phi) is 6.47. The number of nitrogens with zero attached hydrogens (tertiary/aromatic N) is 2. The van der Waals surface area contributed by atoms with E-state index in [2.05, 4.69) is 11.6 Å². The van der Waals surface area contributed by atoms with Crippen molar-refractivity contribution in [2.24, 2.45) is 10.4 Å². The third-order valence-electron chi connectivity index (χ3n) is 4.97. The summed E-state index contributed by atoms with van der Waals surface area (Å²) in [4.78, 5) is 30.2. The lowest BCUT2D eigenvalue weighted by atomic mass is 9.80. The molecule has 1 heterocycles. The molecule has 30 heavy (non-hydrogen) atoms. The molecule has 6 nitrogen and oxygen atoms in total. The predicted octanol–water partition coefficient (Wildman–Crippen LogP) is 3.77. The van der Waals surface area contributed by atoms with Gasteiger partial charge in [0.25, 0.3) is 5.91 Å². The van der Waals surface area contributed by atoms with Gasteiger partial charge in [-0.3, -0.25) is 14.6 Å². The van der Waals surface area contributed by atoms with E-state index in [0.29, 0.717) is 17.0 Å². The van der Waals surface area contributed by atoms with Crippen LogP contribution in [-0.4, -0.2) is 47.3 Å². The number of likely N-dealkylation sites (tertiary alicyclic amines) is 1. The molecular weight excluding hydrogens is 380 g/mol. The van der Waals surface area contributed by atoms with Crippen molar-refractivity contribution in [1.82, 2.24) is 4.90 Å². The highest BCUT2D eigenvalue weighted by atomic mass is 16.5. The minimum atomic E-state index is -1.12. The van der Waals surface area contributed by atoms with Crippen molar-refractivity contribution in [3.8, 4) is 0 Å². The third kappa shape index (κ3) is 4.66. The summed E-state index contributed by atoms with van der Waals surface area (Å²) in [6, 6.07) is 18.4. The first-order valence-electron chi connectivity index (χ1n) is 9.58. The molecule has 0 radical (unpaired) electrons. The highest BCUT2D eigenvalue weighted by Crippen LogP contribution is 2.33. The predicted molar refractivity (Wildman–Crippen MR) is 115 cm³/mol. The van der Waals surface area contributed by atoms with Crippen LogP contribution in [0.1, 0.15) is 22.8 Å². The number of aliphatic imine (C=N–C) groups is 1. The Bertz CT molecular complexity index is 975. The Morgan fingerprint density at radius 2 is 1.67 bits per heavy atom. The SMILES string of the molecule is C=C/C(=N\C=C(/C)OCC1(C(=O)O)CN(C(=O)c2ccccc2)C1)c1ccccc1. The number of hydrogen-bond donors (Lipinski definition) is 1. The highest BCUT2D eigenvalue weighted by Gasteiger charge is 2.52. The van der Waals surface area contributed by atoms with Crippen LogP contribution in [0.2, 0.25) is 0 Å². The maximum Gasteiger partial charge on any atom is 0.316 e. The van der Waals surface area contributed by atoms with Gasteiger partial charge in [-0.25, -0.2) is 0 Å². The van der Waals surface area contributed by atoms with Gasteiger partial charge in [-0.15, -0.1) is 0 Å². The number of carboxylic acid groups (broad SMARTS) is 1. The van der Waals surface area contributed by atoms with E-state index < -0.39 is 11.4 Å². The monoisotopic (exact) mass is 404 g/mol. The number of benzene rings is 2. The number of allylic oxidation sites excluding steroid dienone is 2. The minimum absolute atomic E-state index is 0.0342. The zero-order chi connectivity index (χ0) is 21.6. The number of carbonyl (C=O) groups is 2. The molecule has 1 aliphatic heterocycles. The molecule has 0 unspecified atom stereocenters. The largest absolute Gasteiger partial charge is 0.495 e. The second-order valence-corrected chi connectivity index (χ2v) is 7.23. The zero-order valence-electron chi connectivity index (χ0n) is 16.8. The zero-order valence-corrected chi connectivity index (χ0v) is 16.8. The lowest BCUT2D eigenvalue weighted by Crippen LogP contribution is -2.64. The van der Waals surface area contributed by atoms with E-state index >= 15 is 0 Å². The van der Waals surface area contributed by atoms with Gasteiger partial charge in [0.2, 0.25) is 0 Å². The van der Waals surface area contributed by atoms with E-state index in [4.69, 9.17) is 4.74 Å². The molecule has 1 amide bonds. The Hall–Kier alpha value is -3.67. The van der Waals surface area contributed by atoms with E-state index in [9.17, 15) is 14.7 Å². The molecule has 0 atom stereocenters. The number of hydrogen-bond acceptors (Lipinski definition) is 4. The molecule has 1 N–H and O–H groups in total. The second kappa shape index (κ2) is 9.22. The number of carbonyl (C=O) groups excluding carboxylic acids is 1. The van der Waals surface area contributed by atoms with Crippen LogP contribution < -0.4 is 0 Å². The number of ether oxygens (including phenoxy) is 1. The Labute approximate surface area is 175 Å². The van der Waals surface area contributed by atoms with Crippen molar-refractivity contribution in [2.45, 2.75) is 6.92 Å². The van der Waals surface area contributed by atoms with Crippen molar-refractivity contribution < 1.29 is 19.4 Å². The molecule has 3 rings (SSSR count). The van der Waals surface area contributed by atoms with Crippen LogP contribution in [0.4, 0.5) is 0 Å². The fourth-order valence-electron chi connectivity index (χ4n) is 3.18. The van der Waals surface area contributed by atoms with E-state index in [0.717, 1.165) is 5.56 Å². The first kappa shape index (κ1) is 21.0. The van der Waals surface area contributed by atoms with Gasteiger partial charge in [0.05, 0.1) is 11.9 Å². The minimum Gasteiger partial charge on any atom is -0.495 e. The van der Waals surface area contributed by atoms with Crippen LogP contribution in [0.25, 0.3) is 0 Å².